The lowest BCUT2D eigenvalue weighted by Crippen LogP contribution is -2.41. The number of rotatable bonds is 17. The van der Waals surface area contributed by atoms with Crippen LogP contribution in [0.15, 0.2) is 12.2 Å². The van der Waals surface area contributed by atoms with Gasteiger partial charge in [0.2, 0.25) is 0 Å². The largest absolute Gasteiger partial charge is 0.394 e. The average molecular weight is 387 g/mol. The first-order chi connectivity index (χ1) is 13.2. The van der Waals surface area contributed by atoms with Crippen LogP contribution < -0.4 is 0 Å². The molecule has 1 aliphatic heterocycles. The van der Waals surface area contributed by atoms with Crippen LogP contribution in [0.2, 0.25) is 0 Å². The maximum atomic E-state index is 10.0. The van der Waals surface area contributed by atoms with E-state index in [2.05, 4.69) is 19.1 Å². The zero-order valence-electron chi connectivity index (χ0n) is 17.2. The lowest BCUT2D eigenvalue weighted by molar-refractivity contribution is -0.0730. The van der Waals surface area contributed by atoms with Crippen LogP contribution in [0, 0.1) is 0 Å². The minimum Gasteiger partial charge on any atom is -0.394 e. The normalized spacial score (nSPS) is 24.1. The molecule has 0 amide bonds. The van der Waals surface area contributed by atoms with Gasteiger partial charge in [-0.1, -0.05) is 64.0 Å². The Morgan fingerprint density at radius 1 is 0.963 bits per heavy atom. The van der Waals surface area contributed by atoms with Crippen LogP contribution in [0.4, 0.5) is 0 Å². The highest BCUT2D eigenvalue weighted by molar-refractivity contribution is 4.88. The van der Waals surface area contributed by atoms with Crippen LogP contribution in [-0.4, -0.2) is 59.6 Å². The number of unbranched alkanes of at least 4 members (excludes halogenated alkanes) is 10. The van der Waals surface area contributed by atoms with E-state index in [-0.39, 0.29) is 6.61 Å². The molecule has 0 aliphatic carbocycles. The van der Waals surface area contributed by atoms with Crippen LogP contribution >= 0.6 is 0 Å². The summed E-state index contributed by atoms with van der Waals surface area (Å²) in [4.78, 5) is 0. The van der Waals surface area contributed by atoms with Crippen LogP contribution in [0.5, 0.6) is 0 Å². The quantitative estimate of drug-likeness (QED) is 0.262. The van der Waals surface area contributed by atoms with E-state index >= 15 is 0 Å². The second kappa shape index (κ2) is 16.5. The Morgan fingerprint density at radius 2 is 1.56 bits per heavy atom. The van der Waals surface area contributed by atoms with Gasteiger partial charge < -0.3 is 24.8 Å². The molecule has 0 radical (unpaired) electrons. The van der Waals surface area contributed by atoms with Crippen molar-refractivity contribution in [2.24, 2.45) is 0 Å². The molecule has 0 aromatic rings. The van der Waals surface area contributed by atoms with Gasteiger partial charge in [0.05, 0.1) is 13.2 Å². The van der Waals surface area contributed by atoms with Gasteiger partial charge in [-0.15, -0.1) is 0 Å². The van der Waals surface area contributed by atoms with Gasteiger partial charge in [-0.3, -0.25) is 0 Å². The van der Waals surface area contributed by atoms with E-state index in [1.807, 2.05) is 0 Å². The average Bonchev–Trinajstić information content (AvgIpc) is 3.04. The first-order valence-electron chi connectivity index (χ1n) is 11.1. The van der Waals surface area contributed by atoms with E-state index in [0.717, 1.165) is 12.8 Å². The molecule has 3 N–H and O–H groups in total. The van der Waals surface area contributed by atoms with Gasteiger partial charge in [-0.05, 0) is 32.1 Å². The van der Waals surface area contributed by atoms with Gasteiger partial charge in [0.25, 0.3) is 0 Å². The van der Waals surface area contributed by atoms with Crippen molar-refractivity contribution in [3.05, 3.63) is 12.2 Å². The summed E-state index contributed by atoms with van der Waals surface area (Å²) in [6, 6.07) is 0. The molecule has 0 aromatic carbocycles. The minimum absolute atomic E-state index is 0.273. The third-order valence-corrected chi connectivity index (χ3v) is 5.22. The molecule has 1 fully saturated rings. The fourth-order valence-corrected chi connectivity index (χ4v) is 3.43. The molecule has 0 bridgehead atoms. The number of hydrogen-bond donors (Lipinski definition) is 3. The molecule has 160 valence electrons. The zero-order valence-corrected chi connectivity index (χ0v) is 17.2. The smallest absolute Gasteiger partial charge is 0.114 e. The fourth-order valence-electron chi connectivity index (χ4n) is 3.43. The highest BCUT2D eigenvalue weighted by Gasteiger charge is 2.40. The fraction of sp³-hybridized carbons (Fsp3) is 0.909. The monoisotopic (exact) mass is 386 g/mol. The minimum atomic E-state index is -1.05. The number of aliphatic hydroxyl groups is 3. The van der Waals surface area contributed by atoms with E-state index in [0.29, 0.717) is 6.61 Å². The summed E-state index contributed by atoms with van der Waals surface area (Å²) in [6.45, 7) is 2.71. The lowest BCUT2D eigenvalue weighted by Gasteiger charge is -2.20. The van der Waals surface area contributed by atoms with Crippen LogP contribution in [0.1, 0.15) is 84.0 Å². The molecular weight excluding hydrogens is 344 g/mol. The molecule has 1 heterocycles. The Bertz CT molecular complexity index is 361. The van der Waals surface area contributed by atoms with Crippen molar-refractivity contribution in [3.63, 3.8) is 0 Å². The van der Waals surface area contributed by atoms with Crippen LogP contribution in [-0.2, 0) is 9.47 Å². The van der Waals surface area contributed by atoms with E-state index in [4.69, 9.17) is 14.6 Å². The highest BCUT2D eigenvalue weighted by Crippen LogP contribution is 2.20. The number of ether oxygens (including phenoxy) is 2. The number of hydrogen-bond acceptors (Lipinski definition) is 5. The van der Waals surface area contributed by atoms with Gasteiger partial charge in [0.1, 0.15) is 24.4 Å². The molecule has 1 saturated heterocycles. The second-order valence-corrected chi connectivity index (χ2v) is 7.68. The van der Waals surface area contributed by atoms with Crippen molar-refractivity contribution in [1.29, 1.82) is 0 Å². The van der Waals surface area contributed by atoms with Gasteiger partial charge >= 0.3 is 0 Å². The summed E-state index contributed by atoms with van der Waals surface area (Å²) in [5, 5.41) is 28.5. The van der Waals surface area contributed by atoms with Gasteiger partial charge in [-0.2, -0.15) is 0 Å². The van der Waals surface area contributed by atoms with Crippen molar-refractivity contribution in [3.8, 4) is 0 Å². The Kier molecular flexibility index (Phi) is 15.0. The van der Waals surface area contributed by atoms with Crippen LogP contribution in [0.3, 0.4) is 0 Å². The van der Waals surface area contributed by atoms with Gasteiger partial charge in [0.15, 0.2) is 0 Å². The Labute approximate surface area is 165 Å². The third kappa shape index (κ3) is 11.2. The Balaban J connectivity index is 1.86. The van der Waals surface area contributed by atoms with Crippen LogP contribution in [0.25, 0.3) is 0 Å². The maximum Gasteiger partial charge on any atom is 0.114 e. The van der Waals surface area contributed by atoms with Crippen molar-refractivity contribution in [1.82, 2.24) is 0 Å². The molecule has 5 heteroatoms. The van der Waals surface area contributed by atoms with Crippen molar-refractivity contribution in [2.45, 2.75) is 108 Å². The van der Waals surface area contributed by atoms with E-state index in [9.17, 15) is 10.2 Å². The summed E-state index contributed by atoms with van der Waals surface area (Å²) < 4.78 is 11.0. The molecular formula is C22H42O5. The first-order valence-corrected chi connectivity index (χ1v) is 11.1. The van der Waals surface area contributed by atoms with E-state index < -0.39 is 31.0 Å². The Morgan fingerprint density at radius 3 is 2.19 bits per heavy atom. The highest BCUT2D eigenvalue weighted by atomic mass is 16.6. The van der Waals surface area contributed by atoms with E-state index in [1.165, 1.54) is 64.2 Å². The molecule has 1 rings (SSSR count). The second-order valence-electron chi connectivity index (χ2n) is 7.68. The number of allylic oxidation sites excluding steroid dienone is 2. The number of aliphatic hydroxyl groups excluding tert-OH is 3. The predicted molar refractivity (Wildman–Crippen MR) is 109 cm³/mol. The molecule has 0 spiro atoms. The summed E-state index contributed by atoms with van der Waals surface area (Å²) in [5.74, 6) is 0. The molecule has 4 atom stereocenters. The SMILES string of the molecule is CCCCCC/C=C/CCCCCCCCO[C@H]1CO[C@@H]([C@H](O)CO)[C@H]1O. The summed E-state index contributed by atoms with van der Waals surface area (Å²) in [5.41, 5.74) is 0. The van der Waals surface area contributed by atoms with E-state index in [1.54, 1.807) is 0 Å². The Hall–Kier alpha value is -0.460. The lowest BCUT2D eigenvalue weighted by atomic mass is 10.1. The third-order valence-electron chi connectivity index (χ3n) is 5.22. The summed E-state index contributed by atoms with van der Waals surface area (Å²) in [7, 11) is 0. The van der Waals surface area contributed by atoms with Crippen molar-refractivity contribution in [2.75, 3.05) is 19.8 Å². The molecule has 0 saturated carbocycles. The zero-order chi connectivity index (χ0) is 19.7. The standard InChI is InChI=1S/C22H42O5/c1-2-3-4-5-6-7-8-9-10-11-12-13-14-15-16-26-20-18-27-22(21(20)25)19(24)17-23/h7-8,19-25H,2-6,9-18H2,1H3/b8-7+/t19-,20+,21+,22+/m1/s1. The predicted octanol–water partition coefficient (Wildman–Crippen LogP) is 3.74. The molecule has 1 aliphatic rings. The van der Waals surface area contributed by atoms with Gasteiger partial charge in [-0.25, -0.2) is 0 Å². The summed E-state index contributed by atoms with van der Waals surface area (Å²) >= 11 is 0. The van der Waals surface area contributed by atoms with Crippen molar-refractivity contribution < 1.29 is 24.8 Å². The molecule has 0 unspecified atom stereocenters. The van der Waals surface area contributed by atoms with Crippen molar-refractivity contribution >= 4 is 0 Å². The summed E-state index contributed by atoms with van der Waals surface area (Å²) in [6.07, 6.45) is 16.6. The molecule has 27 heavy (non-hydrogen) atoms. The molecule has 5 nitrogen and oxygen atoms in total. The van der Waals surface area contributed by atoms with Gasteiger partial charge in [0, 0.05) is 6.61 Å². The first kappa shape index (κ1) is 24.6. The molecule has 0 aromatic heterocycles. The maximum absolute atomic E-state index is 10.0. The topological polar surface area (TPSA) is 79.2 Å².